The lowest BCUT2D eigenvalue weighted by Crippen LogP contribution is -2.15. The van der Waals surface area contributed by atoms with E-state index in [1.807, 2.05) is 18.8 Å². The van der Waals surface area contributed by atoms with Crippen LogP contribution in [0, 0.1) is 0 Å². The summed E-state index contributed by atoms with van der Waals surface area (Å²) in [7, 11) is 1.83. The van der Waals surface area contributed by atoms with Crippen molar-refractivity contribution in [1.82, 2.24) is 14.8 Å². The first kappa shape index (κ1) is 8.87. The molecule has 0 bridgehead atoms. The average molecular weight is 198 g/mol. The van der Waals surface area contributed by atoms with Crippen molar-refractivity contribution in [2.45, 2.75) is 24.5 Å². The summed E-state index contributed by atoms with van der Waals surface area (Å²) in [6.45, 7) is 2.19. The van der Waals surface area contributed by atoms with Gasteiger partial charge in [-0.2, -0.15) is 10.1 Å². The van der Waals surface area contributed by atoms with E-state index in [2.05, 4.69) is 17.0 Å². The Morgan fingerprint density at radius 3 is 2.85 bits per heavy atom. The fourth-order valence-corrected chi connectivity index (χ4v) is 2.82. The molecule has 1 saturated heterocycles. The van der Waals surface area contributed by atoms with Crippen molar-refractivity contribution in [1.29, 1.82) is 0 Å². The number of aryl methyl sites for hydroxylation is 1. The Balaban J connectivity index is 2.34. The molecule has 0 spiro atoms. The van der Waals surface area contributed by atoms with Crippen LogP contribution in [0.1, 0.15) is 25.6 Å². The molecule has 2 rings (SSSR count). The predicted molar refractivity (Wildman–Crippen MR) is 54.5 cm³/mol. The molecule has 1 aromatic heterocycles. The van der Waals surface area contributed by atoms with Crippen molar-refractivity contribution in [2.75, 3.05) is 11.5 Å². The fraction of sp³-hybridized carbons (Fsp3) is 0.750. The summed E-state index contributed by atoms with van der Waals surface area (Å²) in [6, 6.07) is 0. The minimum absolute atomic E-state index is 0.0926. The maximum absolute atomic E-state index is 5.65. The highest BCUT2D eigenvalue weighted by atomic mass is 32.2. The van der Waals surface area contributed by atoms with E-state index < -0.39 is 0 Å². The van der Waals surface area contributed by atoms with Crippen molar-refractivity contribution in [3.63, 3.8) is 0 Å². The first-order valence-corrected chi connectivity index (χ1v) is 5.41. The van der Waals surface area contributed by atoms with Crippen LogP contribution in [0.4, 0.5) is 5.95 Å². The van der Waals surface area contributed by atoms with Gasteiger partial charge in [0.2, 0.25) is 5.95 Å². The molecule has 13 heavy (non-hydrogen) atoms. The smallest absolute Gasteiger partial charge is 0.218 e. The highest BCUT2D eigenvalue weighted by Gasteiger charge is 2.35. The van der Waals surface area contributed by atoms with Crippen LogP contribution in [-0.4, -0.2) is 20.5 Å². The molecule has 0 aromatic carbocycles. The molecule has 4 nitrogen and oxygen atoms in total. The minimum Gasteiger partial charge on any atom is -0.368 e. The second kappa shape index (κ2) is 2.90. The lowest BCUT2D eigenvalue weighted by atomic mass is 10.1. The van der Waals surface area contributed by atoms with Crippen LogP contribution in [-0.2, 0) is 11.8 Å². The lowest BCUT2D eigenvalue weighted by Gasteiger charge is -2.17. The van der Waals surface area contributed by atoms with E-state index in [0.29, 0.717) is 5.95 Å². The molecule has 0 aliphatic carbocycles. The molecule has 0 amide bonds. The van der Waals surface area contributed by atoms with Crippen molar-refractivity contribution in [2.24, 2.45) is 7.05 Å². The van der Waals surface area contributed by atoms with Crippen molar-refractivity contribution in [3.05, 3.63) is 5.82 Å². The number of nitrogen functional groups attached to an aromatic ring is 1. The first-order chi connectivity index (χ1) is 6.12. The highest BCUT2D eigenvalue weighted by molar-refractivity contribution is 8.00. The van der Waals surface area contributed by atoms with Gasteiger partial charge >= 0.3 is 0 Å². The molecule has 1 aliphatic heterocycles. The van der Waals surface area contributed by atoms with Gasteiger partial charge < -0.3 is 5.73 Å². The third-order valence-electron chi connectivity index (χ3n) is 2.49. The summed E-state index contributed by atoms with van der Waals surface area (Å²) in [5.41, 5.74) is 5.65. The van der Waals surface area contributed by atoms with Crippen LogP contribution in [0.5, 0.6) is 0 Å². The zero-order chi connectivity index (χ0) is 9.47. The molecule has 2 N–H and O–H groups in total. The van der Waals surface area contributed by atoms with Gasteiger partial charge in [-0.25, -0.2) is 4.68 Å². The van der Waals surface area contributed by atoms with Crippen LogP contribution in [0.2, 0.25) is 0 Å². The normalized spacial score (nSPS) is 28.2. The van der Waals surface area contributed by atoms with Crippen LogP contribution in [0.3, 0.4) is 0 Å². The number of rotatable bonds is 1. The molecule has 72 valence electrons. The number of anilines is 1. The van der Waals surface area contributed by atoms with Gasteiger partial charge in [-0.3, -0.25) is 0 Å². The fourth-order valence-electron chi connectivity index (χ4n) is 1.58. The molecule has 2 heterocycles. The Kier molecular flexibility index (Phi) is 1.98. The number of hydrogen-bond acceptors (Lipinski definition) is 4. The molecule has 1 aromatic rings. The standard InChI is InChI=1S/C8H14N4S/c1-8(4-3-5-13-8)6-10-7(9)12(2)11-6/h3-5H2,1-2H3,(H2,9,10,11). The van der Waals surface area contributed by atoms with E-state index >= 15 is 0 Å². The molecule has 5 heteroatoms. The molecule has 0 saturated carbocycles. The molecule has 1 fully saturated rings. The monoisotopic (exact) mass is 198 g/mol. The maximum Gasteiger partial charge on any atom is 0.218 e. The Morgan fingerprint density at radius 2 is 2.38 bits per heavy atom. The van der Waals surface area contributed by atoms with Gasteiger partial charge in [0, 0.05) is 7.05 Å². The third kappa shape index (κ3) is 1.41. The summed E-state index contributed by atoms with van der Waals surface area (Å²) < 4.78 is 1.73. The predicted octanol–water partition coefficient (Wildman–Crippen LogP) is 1.14. The summed E-state index contributed by atoms with van der Waals surface area (Å²) in [5, 5.41) is 4.32. The van der Waals surface area contributed by atoms with Crippen molar-refractivity contribution < 1.29 is 0 Å². The van der Waals surface area contributed by atoms with E-state index in [1.165, 1.54) is 12.2 Å². The molecule has 1 atom stereocenters. The van der Waals surface area contributed by atoms with Gasteiger partial charge in [0.25, 0.3) is 0 Å². The minimum atomic E-state index is 0.0926. The molecule has 1 aliphatic rings. The third-order valence-corrected chi connectivity index (χ3v) is 4.01. The molecular formula is C8H14N4S. The van der Waals surface area contributed by atoms with Crippen LogP contribution in [0.15, 0.2) is 0 Å². The summed E-state index contributed by atoms with van der Waals surface area (Å²) in [5.74, 6) is 2.59. The van der Waals surface area contributed by atoms with Crippen LogP contribution < -0.4 is 5.73 Å². The molecular weight excluding hydrogens is 184 g/mol. The molecule has 0 radical (unpaired) electrons. The number of aromatic nitrogens is 3. The van der Waals surface area contributed by atoms with Crippen LogP contribution in [0.25, 0.3) is 0 Å². The summed E-state index contributed by atoms with van der Waals surface area (Å²) in [4.78, 5) is 4.27. The largest absolute Gasteiger partial charge is 0.368 e. The van der Waals surface area contributed by atoms with Gasteiger partial charge in [0.05, 0.1) is 4.75 Å². The Hall–Kier alpha value is -0.710. The quantitative estimate of drug-likeness (QED) is 0.735. The maximum atomic E-state index is 5.65. The van der Waals surface area contributed by atoms with Gasteiger partial charge in [-0.1, -0.05) is 0 Å². The number of nitrogens with zero attached hydrogens (tertiary/aromatic N) is 3. The van der Waals surface area contributed by atoms with E-state index in [-0.39, 0.29) is 4.75 Å². The topological polar surface area (TPSA) is 56.7 Å². The van der Waals surface area contributed by atoms with E-state index in [1.54, 1.807) is 4.68 Å². The zero-order valence-corrected chi connectivity index (χ0v) is 8.77. The lowest BCUT2D eigenvalue weighted by molar-refractivity contribution is 0.595. The number of nitrogens with two attached hydrogens (primary N) is 1. The second-order valence-corrected chi connectivity index (χ2v) is 5.20. The summed E-state index contributed by atoms with van der Waals surface area (Å²) >= 11 is 1.93. The van der Waals surface area contributed by atoms with Gasteiger partial charge in [0.1, 0.15) is 0 Å². The average Bonchev–Trinajstić information content (AvgIpc) is 2.62. The van der Waals surface area contributed by atoms with E-state index in [4.69, 9.17) is 5.73 Å². The Morgan fingerprint density at radius 1 is 1.62 bits per heavy atom. The molecule has 1 unspecified atom stereocenters. The van der Waals surface area contributed by atoms with Crippen molar-refractivity contribution >= 4 is 17.7 Å². The number of hydrogen-bond donors (Lipinski definition) is 1. The Bertz CT molecular complexity index is 294. The van der Waals surface area contributed by atoms with Gasteiger partial charge in [-0.15, -0.1) is 11.8 Å². The zero-order valence-electron chi connectivity index (χ0n) is 7.95. The number of thioether (sulfide) groups is 1. The highest BCUT2D eigenvalue weighted by Crippen LogP contribution is 2.44. The van der Waals surface area contributed by atoms with Gasteiger partial charge in [-0.05, 0) is 25.5 Å². The second-order valence-electron chi connectivity index (χ2n) is 3.60. The van der Waals surface area contributed by atoms with Gasteiger partial charge in [0.15, 0.2) is 5.82 Å². The van der Waals surface area contributed by atoms with Crippen LogP contribution >= 0.6 is 11.8 Å². The van der Waals surface area contributed by atoms with E-state index in [9.17, 15) is 0 Å². The Labute approximate surface area is 81.9 Å². The van der Waals surface area contributed by atoms with E-state index in [0.717, 1.165) is 12.2 Å². The first-order valence-electron chi connectivity index (χ1n) is 4.43. The van der Waals surface area contributed by atoms with Crippen molar-refractivity contribution in [3.8, 4) is 0 Å². The summed E-state index contributed by atoms with van der Waals surface area (Å²) in [6.07, 6.45) is 2.40. The SMILES string of the molecule is Cn1nc(C2(C)CCCS2)nc1N.